The Morgan fingerprint density at radius 3 is 2.87 bits per heavy atom. The number of aromatic amines is 1. The molecule has 196 valence electrons. The summed E-state index contributed by atoms with van der Waals surface area (Å²) in [5.41, 5.74) is 6.19. The fourth-order valence-corrected chi connectivity index (χ4v) is 7.55. The van der Waals surface area contributed by atoms with Crippen molar-refractivity contribution < 1.29 is 24.3 Å². The van der Waals surface area contributed by atoms with E-state index in [-0.39, 0.29) is 50.9 Å². The molecule has 2 aliphatic rings. The summed E-state index contributed by atoms with van der Waals surface area (Å²) in [5.74, 6) is -2.48. The van der Waals surface area contributed by atoms with E-state index in [1.165, 1.54) is 12.0 Å². The van der Waals surface area contributed by atoms with E-state index in [0.29, 0.717) is 10.9 Å². The number of nitrogen functional groups attached to an aromatic ring is 1. The lowest BCUT2D eigenvalue weighted by Crippen LogP contribution is -2.61. The smallest absolute Gasteiger partial charge is 0.352 e. The fourth-order valence-electron chi connectivity index (χ4n) is 4.15. The molecule has 4 heterocycles. The topological polar surface area (TPSA) is 193 Å². The molecule has 3 aromatic rings. The molecule has 0 bridgehead atoms. The molecule has 38 heavy (non-hydrogen) atoms. The minimum absolute atomic E-state index is 0.0742. The van der Waals surface area contributed by atoms with Crippen LogP contribution in [-0.4, -0.2) is 67.2 Å². The van der Waals surface area contributed by atoms with Gasteiger partial charge in [0.25, 0.3) is 11.5 Å². The van der Waals surface area contributed by atoms with E-state index in [2.05, 4.69) is 30.3 Å². The Balaban J connectivity index is 1.65. The molecule has 2 amide bonds. The number of thioether (sulfide) groups is 2. The standard InChI is InChI=1S/C22H19N7O6S3/c1-35-24-7-14(30)28-22(13-9-36-20(23)26-13)11(17(19(33)34)29-15(31)6-16(29)38-22)8-37-21-25-12-5-3-2-4-10(12)18(32)27-21/h2-5,7,9,16H,6,8H2,1H3,(H2,23,26)(H,28,30)(H,33,34)(H,25,27,32)/t16-,22?/m0/s1. The summed E-state index contributed by atoms with van der Waals surface area (Å²) >= 11 is 3.33. The number of aromatic nitrogens is 3. The van der Waals surface area contributed by atoms with Gasteiger partial charge in [0.2, 0.25) is 5.91 Å². The highest BCUT2D eigenvalue weighted by Crippen LogP contribution is 2.54. The Hall–Kier alpha value is -3.89. The van der Waals surface area contributed by atoms with Crippen molar-refractivity contribution in [2.24, 2.45) is 5.16 Å². The number of benzene rings is 1. The first-order chi connectivity index (χ1) is 18.2. The lowest BCUT2D eigenvalue weighted by molar-refractivity contribution is -0.146. The SMILES string of the molecule is CON=CC(=O)NC1(c2csc(N)n2)S[C@H]2CC(=O)N2C(C(=O)O)=C1CSc1nc2ccccc2c(=O)[nH]1. The van der Waals surface area contributed by atoms with Crippen LogP contribution in [0.25, 0.3) is 10.9 Å². The van der Waals surface area contributed by atoms with Crippen LogP contribution in [0.15, 0.2) is 56.0 Å². The van der Waals surface area contributed by atoms with E-state index >= 15 is 0 Å². The second-order valence-electron chi connectivity index (χ2n) is 8.01. The van der Waals surface area contributed by atoms with Crippen molar-refractivity contribution in [3.05, 3.63) is 57.0 Å². The number of oxime groups is 1. The third kappa shape index (κ3) is 4.50. The molecule has 2 aliphatic heterocycles. The Morgan fingerprint density at radius 1 is 1.39 bits per heavy atom. The van der Waals surface area contributed by atoms with Crippen molar-refractivity contribution >= 4 is 74.9 Å². The van der Waals surface area contributed by atoms with E-state index in [9.17, 15) is 24.3 Å². The maximum Gasteiger partial charge on any atom is 0.352 e. The number of aliphatic carboxylic acids is 1. The number of fused-ring (bicyclic) bond motifs is 2. The van der Waals surface area contributed by atoms with Gasteiger partial charge >= 0.3 is 5.97 Å². The first-order valence-corrected chi connectivity index (χ1v) is 13.7. The Labute approximate surface area is 226 Å². The van der Waals surface area contributed by atoms with Gasteiger partial charge in [-0.05, 0) is 12.1 Å². The van der Waals surface area contributed by atoms with Gasteiger partial charge in [-0.15, -0.1) is 11.3 Å². The number of carbonyl (C=O) groups is 3. The normalized spacial score (nSPS) is 20.9. The zero-order valence-corrected chi connectivity index (χ0v) is 22.0. The summed E-state index contributed by atoms with van der Waals surface area (Å²) < 4.78 is 0. The molecule has 2 atom stereocenters. The number of hydrogen-bond donors (Lipinski definition) is 4. The van der Waals surface area contributed by atoms with E-state index in [4.69, 9.17) is 5.73 Å². The molecule has 0 aliphatic carbocycles. The lowest BCUT2D eigenvalue weighted by atomic mass is 9.98. The van der Waals surface area contributed by atoms with Crippen molar-refractivity contribution in [1.82, 2.24) is 25.2 Å². The van der Waals surface area contributed by atoms with Gasteiger partial charge in [0, 0.05) is 16.7 Å². The summed E-state index contributed by atoms with van der Waals surface area (Å²) in [6, 6.07) is 6.80. The molecule has 5 N–H and O–H groups in total. The van der Waals surface area contributed by atoms with Crippen LogP contribution < -0.4 is 16.6 Å². The summed E-state index contributed by atoms with van der Waals surface area (Å²) in [6.45, 7) is 0. The van der Waals surface area contributed by atoms with Crippen molar-refractivity contribution in [1.29, 1.82) is 0 Å². The predicted molar refractivity (Wildman–Crippen MR) is 142 cm³/mol. The van der Waals surface area contributed by atoms with Gasteiger partial charge < -0.3 is 26.0 Å². The number of carboxylic acid groups (broad SMARTS) is 1. The minimum Gasteiger partial charge on any atom is -0.477 e. The number of carboxylic acids is 1. The summed E-state index contributed by atoms with van der Waals surface area (Å²) in [6.07, 6.45) is 0.981. The van der Waals surface area contributed by atoms with Gasteiger partial charge in [0.15, 0.2) is 15.2 Å². The van der Waals surface area contributed by atoms with Crippen molar-refractivity contribution in [3.63, 3.8) is 0 Å². The number of nitrogens with zero attached hydrogens (tertiary/aromatic N) is 4. The van der Waals surface area contributed by atoms with E-state index in [1.807, 2.05) is 0 Å². The van der Waals surface area contributed by atoms with E-state index in [0.717, 1.165) is 41.1 Å². The highest BCUT2D eigenvalue weighted by Gasteiger charge is 2.56. The number of β-lactam (4-membered cyclic amide) rings is 1. The summed E-state index contributed by atoms with van der Waals surface area (Å²) in [7, 11) is 1.27. The molecular formula is C22H19N7O6S3. The molecule has 1 saturated heterocycles. The van der Waals surface area contributed by atoms with Crippen LogP contribution in [0.4, 0.5) is 5.13 Å². The second kappa shape index (κ2) is 10.1. The molecule has 1 unspecified atom stereocenters. The quantitative estimate of drug-likeness (QED) is 0.0998. The van der Waals surface area contributed by atoms with Crippen molar-refractivity contribution in [3.8, 4) is 0 Å². The molecule has 0 spiro atoms. The number of hydrogen-bond acceptors (Lipinski definition) is 12. The largest absolute Gasteiger partial charge is 0.477 e. The monoisotopic (exact) mass is 573 g/mol. The molecule has 13 nitrogen and oxygen atoms in total. The minimum atomic E-state index is -1.52. The number of amides is 2. The zero-order chi connectivity index (χ0) is 27.0. The van der Waals surface area contributed by atoms with Gasteiger partial charge in [-0.3, -0.25) is 19.3 Å². The van der Waals surface area contributed by atoms with Crippen molar-refractivity contribution in [2.45, 2.75) is 21.8 Å². The number of H-pyrrole nitrogens is 1. The number of nitrogens with two attached hydrogens (primary N) is 1. The highest BCUT2D eigenvalue weighted by atomic mass is 32.2. The zero-order valence-electron chi connectivity index (χ0n) is 19.5. The molecule has 5 rings (SSSR count). The summed E-state index contributed by atoms with van der Waals surface area (Å²) in [5, 5.41) is 18.5. The Kier molecular flexibility index (Phi) is 6.85. The third-order valence-corrected chi connectivity index (χ3v) is 8.91. The van der Waals surface area contributed by atoms with Gasteiger partial charge in [-0.1, -0.05) is 40.8 Å². The van der Waals surface area contributed by atoms with E-state index < -0.39 is 22.1 Å². The van der Waals surface area contributed by atoms with Gasteiger partial charge in [-0.2, -0.15) is 0 Å². The van der Waals surface area contributed by atoms with Crippen LogP contribution in [0.5, 0.6) is 0 Å². The van der Waals surface area contributed by atoms with Crippen LogP contribution in [-0.2, 0) is 24.1 Å². The molecule has 1 aromatic carbocycles. The van der Waals surface area contributed by atoms with E-state index in [1.54, 1.807) is 29.6 Å². The van der Waals surface area contributed by atoms with Crippen LogP contribution in [0.1, 0.15) is 12.1 Å². The highest BCUT2D eigenvalue weighted by molar-refractivity contribution is 8.01. The maximum absolute atomic E-state index is 12.9. The van der Waals surface area contributed by atoms with Gasteiger partial charge in [0.05, 0.1) is 28.4 Å². The average molecular weight is 574 g/mol. The Morgan fingerprint density at radius 2 is 2.18 bits per heavy atom. The fraction of sp³-hybridized carbons (Fsp3) is 0.227. The first kappa shape index (κ1) is 25.7. The molecule has 16 heteroatoms. The summed E-state index contributed by atoms with van der Waals surface area (Å²) in [4.78, 5) is 66.4. The molecular weight excluding hydrogens is 554 g/mol. The van der Waals surface area contributed by atoms with Crippen LogP contribution >= 0.6 is 34.9 Å². The average Bonchev–Trinajstić information content (AvgIpc) is 3.32. The predicted octanol–water partition coefficient (Wildman–Crippen LogP) is 1.30. The number of para-hydroxylation sites is 1. The number of anilines is 1. The molecule has 1 fully saturated rings. The van der Waals surface area contributed by atoms with Crippen LogP contribution in [0.2, 0.25) is 0 Å². The van der Waals surface area contributed by atoms with Crippen LogP contribution in [0.3, 0.4) is 0 Å². The number of thiazole rings is 1. The molecule has 2 aromatic heterocycles. The van der Waals surface area contributed by atoms with Gasteiger partial charge in [0.1, 0.15) is 19.0 Å². The molecule has 0 saturated carbocycles. The number of carbonyl (C=O) groups excluding carboxylic acids is 2. The Bertz CT molecular complexity index is 1580. The first-order valence-electron chi connectivity index (χ1n) is 10.9. The second-order valence-corrected chi connectivity index (χ2v) is 11.3. The molecule has 0 radical (unpaired) electrons. The lowest BCUT2D eigenvalue weighted by Gasteiger charge is -2.51. The maximum atomic E-state index is 12.9. The number of rotatable bonds is 8. The third-order valence-electron chi connectivity index (χ3n) is 5.77. The van der Waals surface area contributed by atoms with Crippen LogP contribution in [0, 0.1) is 0 Å². The van der Waals surface area contributed by atoms with Crippen molar-refractivity contribution in [2.75, 3.05) is 18.6 Å². The number of nitrogens with one attached hydrogen (secondary N) is 2. The van der Waals surface area contributed by atoms with Gasteiger partial charge in [-0.25, -0.2) is 14.8 Å².